The summed E-state index contributed by atoms with van der Waals surface area (Å²) in [5.74, 6) is 0.419. The third-order valence-corrected chi connectivity index (χ3v) is 6.12. The molecular formula is C21H29NO2S. The number of aliphatic hydroxyl groups excluding tert-OH is 2. The van der Waals surface area contributed by atoms with E-state index in [4.69, 9.17) is 5.11 Å². The van der Waals surface area contributed by atoms with E-state index in [1.165, 1.54) is 21.7 Å². The number of thiophene rings is 1. The lowest BCUT2D eigenvalue weighted by Gasteiger charge is -2.35. The van der Waals surface area contributed by atoms with Crippen LogP contribution in [0.25, 0.3) is 0 Å². The summed E-state index contributed by atoms with van der Waals surface area (Å²) in [7, 11) is 0. The topological polar surface area (TPSA) is 52.5 Å². The Hall–Kier alpha value is -1.36. The lowest BCUT2D eigenvalue weighted by Crippen LogP contribution is -2.29. The van der Waals surface area contributed by atoms with E-state index in [1.807, 2.05) is 0 Å². The highest BCUT2D eigenvalue weighted by molar-refractivity contribution is 7.10. The van der Waals surface area contributed by atoms with Gasteiger partial charge in [-0.25, -0.2) is 0 Å². The van der Waals surface area contributed by atoms with Crippen molar-refractivity contribution in [3.8, 4) is 0 Å². The van der Waals surface area contributed by atoms with Crippen molar-refractivity contribution in [1.82, 2.24) is 0 Å². The first-order valence-electron chi connectivity index (χ1n) is 9.10. The van der Waals surface area contributed by atoms with Crippen LogP contribution in [-0.4, -0.2) is 22.9 Å². The largest absolute Gasteiger partial charge is 0.394 e. The second kappa shape index (κ2) is 7.48. The Kier molecular flexibility index (Phi) is 5.52. The molecule has 4 heteroatoms. The molecule has 25 heavy (non-hydrogen) atoms. The van der Waals surface area contributed by atoms with Crippen LogP contribution in [0.3, 0.4) is 0 Å². The number of aliphatic hydroxyl groups is 2. The molecule has 1 aromatic carbocycles. The second-order valence-corrected chi connectivity index (χ2v) is 9.12. The fourth-order valence-electron chi connectivity index (χ4n) is 3.59. The summed E-state index contributed by atoms with van der Waals surface area (Å²) in [6.07, 6.45) is 1.92. The van der Waals surface area contributed by atoms with Gasteiger partial charge in [-0.2, -0.15) is 0 Å². The molecule has 2 heterocycles. The molecule has 0 spiro atoms. The fourth-order valence-corrected chi connectivity index (χ4v) is 4.46. The highest BCUT2D eigenvalue weighted by Gasteiger charge is 2.31. The quantitative estimate of drug-likeness (QED) is 0.736. The number of fused-ring (bicyclic) bond motifs is 1. The van der Waals surface area contributed by atoms with E-state index in [9.17, 15) is 5.11 Å². The molecule has 0 aliphatic carbocycles. The zero-order valence-electron chi connectivity index (χ0n) is 15.3. The summed E-state index contributed by atoms with van der Waals surface area (Å²) >= 11 is 1.78. The molecule has 0 saturated heterocycles. The van der Waals surface area contributed by atoms with Gasteiger partial charge < -0.3 is 15.5 Å². The van der Waals surface area contributed by atoms with Crippen molar-refractivity contribution in [2.75, 3.05) is 11.9 Å². The molecule has 136 valence electrons. The minimum atomic E-state index is -0.619. The van der Waals surface area contributed by atoms with E-state index in [-0.39, 0.29) is 18.1 Å². The van der Waals surface area contributed by atoms with Crippen molar-refractivity contribution < 1.29 is 10.2 Å². The molecule has 3 N–H and O–H groups in total. The highest BCUT2D eigenvalue weighted by atomic mass is 32.1. The Balaban J connectivity index is 1.87. The molecule has 1 aliphatic rings. The van der Waals surface area contributed by atoms with Gasteiger partial charge in [-0.05, 0) is 59.2 Å². The lowest BCUT2D eigenvalue weighted by atomic mass is 9.79. The van der Waals surface area contributed by atoms with Gasteiger partial charge in [0.15, 0.2) is 0 Å². The predicted octanol–water partition coefficient (Wildman–Crippen LogP) is 4.50. The molecule has 0 radical (unpaired) electrons. The van der Waals surface area contributed by atoms with E-state index in [0.29, 0.717) is 12.3 Å². The molecule has 0 amide bonds. The van der Waals surface area contributed by atoms with E-state index >= 15 is 0 Å². The number of nitrogens with one attached hydrogen (secondary N) is 1. The molecule has 3 atom stereocenters. The molecule has 2 aromatic rings. The Labute approximate surface area is 154 Å². The molecule has 0 fully saturated rings. The molecule has 1 unspecified atom stereocenters. The Morgan fingerprint density at radius 1 is 1.28 bits per heavy atom. The molecule has 1 aromatic heterocycles. The number of hydrogen-bond donors (Lipinski definition) is 3. The number of hydrogen-bond acceptors (Lipinski definition) is 4. The van der Waals surface area contributed by atoms with Crippen LogP contribution in [0.4, 0.5) is 5.69 Å². The van der Waals surface area contributed by atoms with Gasteiger partial charge in [0.25, 0.3) is 0 Å². The molecule has 1 aliphatic heterocycles. The summed E-state index contributed by atoms with van der Waals surface area (Å²) in [4.78, 5) is 1.34. The van der Waals surface area contributed by atoms with E-state index in [2.05, 4.69) is 61.8 Å². The zero-order chi connectivity index (χ0) is 18.0. The Bertz CT molecular complexity index is 690. The first kappa shape index (κ1) is 18.4. The minimum Gasteiger partial charge on any atom is -0.394 e. The predicted molar refractivity (Wildman–Crippen MR) is 105 cm³/mol. The van der Waals surface area contributed by atoms with Crippen molar-refractivity contribution in [2.45, 2.75) is 57.6 Å². The molecule has 0 saturated carbocycles. The maximum absolute atomic E-state index is 9.78. The van der Waals surface area contributed by atoms with Crippen LogP contribution in [0.5, 0.6) is 0 Å². The van der Waals surface area contributed by atoms with Crippen LogP contribution in [0.1, 0.15) is 55.7 Å². The summed E-state index contributed by atoms with van der Waals surface area (Å²) in [6, 6.07) is 11.3. The monoisotopic (exact) mass is 359 g/mol. The van der Waals surface area contributed by atoms with Crippen LogP contribution in [0.15, 0.2) is 35.7 Å². The number of anilines is 1. The average molecular weight is 360 g/mol. The maximum Gasteiger partial charge on any atom is 0.0771 e. The van der Waals surface area contributed by atoms with E-state index in [0.717, 1.165) is 12.8 Å². The SMILES string of the molecule is CC(C)(C)c1ccc2c(c1)C[C@H](CC[C@H](O)CO)C(c1cccs1)N2. The lowest BCUT2D eigenvalue weighted by molar-refractivity contribution is 0.0814. The minimum absolute atomic E-state index is 0.141. The second-order valence-electron chi connectivity index (χ2n) is 8.14. The summed E-state index contributed by atoms with van der Waals surface area (Å²) in [5, 5.41) is 24.8. The smallest absolute Gasteiger partial charge is 0.0771 e. The van der Waals surface area contributed by atoms with Gasteiger partial charge in [-0.3, -0.25) is 0 Å². The molecule has 3 nitrogen and oxygen atoms in total. The third kappa shape index (κ3) is 4.25. The fraction of sp³-hybridized carbons (Fsp3) is 0.524. The van der Waals surface area contributed by atoms with Gasteiger partial charge in [0, 0.05) is 10.6 Å². The van der Waals surface area contributed by atoms with E-state index < -0.39 is 6.10 Å². The van der Waals surface area contributed by atoms with Gasteiger partial charge in [-0.1, -0.05) is 39.0 Å². The van der Waals surface area contributed by atoms with Gasteiger partial charge >= 0.3 is 0 Å². The number of benzene rings is 1. The Morgan fingerprint density at radius 3 is 2.72 bits per heavy atom. The van der Waals surface area contributed by atoms with Crippen LogP contribution in [-0.2, 0) is 11.8 Å². The van der Waals surface area contributed by atoms with Gasteiger partial charge in [-0.15, -0.1) is 11.3 Å². The molecule has 0 bridgehead atoms. The standard InChI is InChI=1S/C21H29NO2S/c1-21(2,3)16-7-9-18-15(12-16)11-14(6-8-17(24)13-23)20(22-18)19-5-4-10-25-19/h4-5,7,9-10,12,14,17,20,22-24H,6,8,11,13H2,1-3H3/t14-,17-,20?/m0/s1. The van der Waals surface area contributed by atoms with Crippen molar-refractivity contribution >= 4 is 17.0 Å². The first-order valence-corrected chi connectivity index (χ1v) is 9.98. The molecule has 3 rings (SSSR count). The third-order valence-electron chi connectivity index (χ3n) is 5.17. The van der Waals surface area contributed by atoms with Crippen molar-refractivity contribution in [1.29, 1.82) is 0 Å². The van der Waals surface area contributed by atoms with Crippen LogP contribution in [0.2, 0.25) is 0 Å². The van der Waals surface area contributed by atoms with Crippen LogP contribution >= 0.6 is 11.3 Å². The van der Waals surface area contributed by atoms with Crippen LogP contribution in [0, 0.1) is 5.92 Å². The average Bonchev–Trinajstić information content (AvgIpc) is 3.11. The van der Waals surface area contributed by atoms with Crippen molar-refractivity contribution in [3.63, 3.8) is 0 Å². The maximum atomic E-state index is 9.78. The van der Waals surface area contributed by atoms with Gasteiger partial charge in [0.05, 0.1) is 18.8 Å². The summed E-state index contributed by atoms with van der Waals surface area (Å²) < 4.78 is 0. The highest BCUT2D eigenvalue weighted by Crippen LogP contribution is 2.41. The van der Waals surface area contributed by atoms with Crippen molar-refractivity contribution in [2.24, 2.45) is 5.92 Å². The van der Waals surface area contributed by atoms with E-state index in [1.54, 1.807) is 11.3 Å². The first-order chi connectivity index (χ1) is 11.9. The number of rotatable bonds is 5. The van der Waals surface area contributed by atoms with Crippen molar-refractivity contribution in [3.05, 3.63) is 51.7 Å². The van der Waals surface area contributed by atoms with Gasteiger partial charge in [0.2, 0.25) is 0 Å². The summed E-state index contributed by atoms with van der Waals surface area (Å²) in [6.45, 7) is 6.58. The summed E-state index contributed by atoms with van der Waals surface area (Å²) in [5.41, 5.74) is 4.09. The van der Waals surface area contributed by atoms with Crippen LogP contribution < -0.4 is 5.32 Å². The van der Waals surface area contributed by atoms with Gasteiger partial charge in [0.1, 0.15) is 0 Å². The molecular weight excluding hydrogens is 330 g/mol. The zero-order valence-corrected chi connectivity index (χ0v) is 16.1. The Morgan fingerprint density at radius 2 is 2.08 bits per heavy atom. The normalized spacial score (nSPS) is 21.5.